The van der Waals surface area contributed by atoms with Crippen LogP contribution in [0.4, 0.5) is 0 Å². The molecule has 16 heavy (non-hydrogen) atoms. The van der Waals surface area contributed by atoms with E-state index in [0.29, 0.717) is 19.4 Å². The summed E-state index contributed by atoms with van der Waals surface area (Å²) in [6.07, 6.45) is 1.40. The monoisotopic (exact) mass is 230 g/mol. The van der Waals surface area contributed by atoms with Crippen LogP contribution in [0.2, 0.25) is 0 Å². The number of carbonyl (C=O) groups is 1. The number of aliphatic hydroxyl groups is 1. The van der Waals surface area contributed by atoms with Gasteiger partial charge in [-0.3, -0.25) is 4.79 Å². The Hall–Kier alpha value is -0.610. The van der Waals surface area contributed by atoms with E-state index in [1.807, 2.05) is 27.7 Å². The van der Waals surface area contributed by atoms with Crippen molar-refractivity contribution in [1.29, 1.82) is 0 Å². The zero-order chi connectivity index (χ0) is 12.8. The Morgan fingerprint density at radius 3 is 2.25 bits per heavy atom. The van der Waals surface area contributed by atoms with E-state index in [-0.39, 0.29) is 18.5 Å². The molecule has 2 N–H and O–H groups in total. The molecule has 0 spiro atoms. The van der Waals surface area contributed by atoms with Crippen LogP contribution < -0.4 is 5.32 Å². The first-order valence-corrected chi connectivity index (χ1v) is 6.05. The van der Waals surface area contributed by atoms with Crippen LogP contribution >= 0.6 is 0 Å². The Balaban J connectivity index is 3.94. The van der Waals surface area contributed by atoms with Crippen molar-refractivity contribution >= 4 is 5.91 Å². The molecule has 0 unspecified atom stereocenters. The third-order valence-corrected chi connectivity index (χ3v) is 3.21. The van der Waals surface area contributed by atoms with Gasteiger partial charge in [-0.1, -0.05) is 13.8 Å². The summed E-state index contributed by atoms with van der Waals surface area (Å²) in [5, 5.41) is 13.0. The van der Waals surface area contributed by atoms with Gasteiger partial charge in [0.25, 0.3) is 0 Å². The summed E-state index contributed by atoms with van der Waals surface area (Å²) in [7, 11) is 1.79. The Kier molecular flexibility index (Phi) is 6.60. The van der Waals surface area contributed by atoms with Crippen molar-refractivity contribution in [1.82, 2.24) is 10.2 Å². The molecule has 0 heterocycles. The minimum absolute atomic E-state index is 0.0598. The van der Waals surface area contributed by atoms with Gasteiger partial charge in [0.15, 0.2) is 0 Å². The lowest BCUT2D eigenvalue weighted by atomic mass is 9.98. The Morgan fingerprint density at radius 2 is 1.88 bits per heavy atom. The van der Waals surface area contributed by atoms with Crippen molar-refractivity contribution in [2.75, 3.05) is 20.1 Å². The highest BCUT2D eigenvalue weighted by molar-refractivity contribution is 5.78. The Bertz CT molecular complexity index is 213. The van der Waals surface area contributed by atoms with Crippen LogP contribution in [0.25, 0.3) is 0 Å². The third kappa shape index (κ3) is 4.94. The van der Waals surface area contributed by atoms with E-state index in [0.717, 1.165) is 0 Å². The fraction of sp³-hybridized carbons (Fsp3) is 0.917. The average molecular weight is 230 g/mol. The average Bonchev–Trinajstić information content (AvgIpc) is 2.27. The van der Waals surface area contributed by atoms with Gasteiger partial charge >= 0.3 is 0 Å². The van der Waals surface area contributed by atoms with Crippen molar-refractivity contribution in [3.8, 4) is 0 Å². The fourth-order valence-electron chi connectivity index (χ4n) is 1.31. The summed E-state index contributed by atoms with van der Waals surface area (Å²) in [4.78, 5) is 13.3. The lowest BCUT2D eigenvalue weighted by molar-refractivity contribution is -0.130. The Morgan fingerprint density at radius 1 is 1.38 bits per heavy atom. The van der Waals surface area contributed by atoms with Gasteiger partial charge in [0, 0.05) is 19.6 Å². The fourth-order valence-corrected chi connectivity index (χ4v) is 1.31. The van der Waals surface area contributed by atoms with Crippen LogP contribution in [0.15, 0.2) is 0 Å². The van der Waals surface area contributed by atoms with Crippen molar-refractivity contribution in [2.45, 2.75) is 52.2 Å². The summed E-state index contributed by atoms with van der Waals surface area (Å²) < 4.78 is 0. The van der Waals surface area contributed by atoms with Crippen molar-refractivity contribution < 1.29 is 9.90 Å². The molecule has 0 radical (unpaired) electrons. The largest absolute Gasteiger partial charge is 0.389 e. The maximum atomic E-state index is 11.6. The summed E-state index contributed by atoms with van der Waals surface area (Å²) in [5.74, 6) is 0.0598. The molecule has 0 saturated carbocycles. The first-order chi connectivity index (χ1) is 7.36. The molecule has 0 aliphatic carbocycles. The van der Waals surface area contributed by atoms with Crippen LogP contribution in [-0.4, -0.2) is 47.7 Å². The SMILES string of the molecule is CCC(O)(CC)CNCC(=O)N(C)C(C)C. The normalized spacial score (nSPS) is 11.9. The van der Waals surface area contributed by atoms with Crippen LogP contribution in [0.5, 0.6) is 0 Å². The summed E-state index contributed by atoms with van der Waals surface area (Å²) >= 11 is 0. The number of carbonyl (C=O) groups excluding carboxylic acids is 1. The topological polar surface area (TPSA) is 52.6 Å². The number of amides is 1. The number of likely N-dealkylation sites (N-methyl/N-ethyl adjacent to an activating group) is 1. The molecule has 0 aliphatic rings. The van der Waals surface area contributed by atoms with E-state index in [1.165, 1.54) is 0 Å². The second-order valence-electron chi connectivity index (χ2n) is 4.63. The van der Waals surface area contributed by atoms with Gasteiger partial charge in [-0.15, -0.1) is 0 Å². The summed E-state index contributed by atoms with van der Waals surface area (Å²) in [6.45, 7) is 8.62. The molecule has 4 nitrogen and oxygen atoms in total. The maximum Gasteiger partial charge on any atom is 0.236 e. The predicted octanol–water partition coefficient (Wildman–Crippen LogP) is 0.994. The Labute approximate surface area is 99.0 Å². The number of hydrogen-bond donors (Lipinski definition) is 2. The van der Waals surface area contributed by atoms with E-state index in [2.05, 4.69) is 5.32 Å². The molecular formula is C12H26N2O2. The van der Waals surface area contributed by atoms with E-state index >= 15 is 0 Å². The lowest BCUT2D eigenvalue weighted by Gasteiger charge is -2.27. The molecule has 0 aromatic heterocycles. The van der Waals surface area contributed by atoms with Crippen LogP contribution in [-0.2, 0) is 4.79 Å². The van der Waals surface area contributed by atoms with Gasteiger partial charge in [-0.05, 0) is 26.7 Å². The molecule has 0 saturated heterocycles. The van der Waals surface area contributed by atoms with Crippen LogP contribution in [0.1, 0.15) is 40.5 Å². The highest BCUT2D eigenvalue weighted by atomic mass is 16.3. The zero-order valence-electron chi connectivity index (χ0n) is 11.2. The van der Waals surface area contributed by atoms with Crippen LogP contribution in [0.3, 0.4) is 0 Å². The van der Waals surface area contributed by atoms with Gasteiger partial charge in [0.05, 0.1) is 12.1 Å². The van der Waals surface area contributed by atoms with Crippen molar-refractivity contribution in [2.24, 2.45) is 0 Å². The number of hydrogen-bond acceptors (Lipinski definition) is 3. The number of rotatable bonds is 7. The highest BCUT2D eigenvalue weighted by Crippen LogP contribution is 2.12. The summed E-state index contributed by atoms with van der Waals surface area (Å²) in [5.41, 5.74) is -0.684. The van der Waals surface area contributed by atoms with E-state index in [9.17, 15) is 9.90 Å². The minimum Gasteiger partial charge on any atom is -0.389 e. The maximum absolute atomic E-state index is 11.6. The van der Waals surface area contributed by atoms with Gasteiger partial charge in [-0.2, -0.15) is 0 Å². The molecule has 0 fully saturated rings. The molecule has 0 bridgehead atoms. The van der Waals surface area contributed by atoms with E-state index in [4.69, 9.17) is 0 Å². The van der Waals surface area contributed by atoms with Gasteiger partial charge < -0.3 is 15.3 Å². The lowest BCUT2D eigenvalue weighted by Crippen LogP contribution is -2.45. The molecule has 0 aromatic rings. The molecule has 96 valence electrons. The minimum atomic E-state index is -0.684. The first kappa shape index (κ1) is 15.4. The molecule has 0 aliphatic heterocycles. The van der Waals surface area contributed by atoms with E-state index < -0.39 is 5.60 Å². The highest BCUT2D eigenvalue weighted by Gasteiger charge is 2.22. The van der Waals surface area contributed by atoms with Gasteiger partial charge in [-0.25, -0.2) is 0 Å². The number of nitrogens with one attached hydrogen (secondary N) is 1. The van der Waals surface area contributed by atoms with Crippen LogP contribution in [0, 0.1) is 0 Å². The predicted molar refractivity (Wildman–Crippen MR) is 66.3 cm³/mol. The smallest absolute Gasteiger partial charge is 0.236 e. The summed E-state index contributed by atoms with van der Waals surface area (Å²) in [6, 6.07) is 0.213. The second-order valence-corrected chi connectivity index (χ2v) is 4.63. The number of nitrogens with zero attached hydrogens (tertiary/aromatic N) is 1. The second kappa shape index (κ2) is 6.86. The van der Waals surface area contributed by atoms with Gasteiger partial charge in [0.2, 0.25) is 5.91 Å². The van der Waals surface area contributed by atoms with Gasteiger partial charge in [0.1, 0.15) is 0 Å². The van der Waals surface area contributed by atoms with E-state index in [1.54, 1.807) is 11.9 Å². The van der Waals surface area contributed by atoms with Crippen molar-refractivity contribution in [3.63, 3.8) is 0 Å². The molecule has 1 amide bonds. The third-order valence-electron chi connectivity index (χ3n) is 3.21. The van der Waals surface area contributed by atoms with Crippen molar-refractivity contribution in [3.05, 3.63) is 0 Å². The molecule has 0 rings (SSSR count). The standard InChI is InChI=1S/C12H26N2O2/c1-6-12(16,7-2)9-13-8-11(15)14(5)10(3)4/h10,13,16H,6-9H2,1-5H3. The quantitative estimate of drug-likeness (QED) is 0.686. The zero-order valence-corrected chi connectivity index (χ0v) is 11.2. The molecule has 0 atom stereocenters. The first-order valence-electron chi connectivity index (χ1n) is 6.05. The molecule has 4 heteroatoms. The molecule has 0 aromatic carbocycles. The molecular weight excluding hydrogens is 204 g/mol.